The molecule has 8 nitrogen and oxygen atoms in total. The summed E-state index contributed by atoms with van der Waals surface area (Å²) in [5.41, 5.74) is 2.11. The van der Waals surface area contributed by atoms with E-state index in [1.807, 2.05) is 43.3 Å². The number of benzene rings is 1. The Balaban J connectivity index is 0.00000261. The minimum atomic E-state index is 0. The number of aryl methyl sites for hydroxylation is 1. The van der Waals surface area contributed by atoms with Crippen LogP contribution in [0, 0.1) is 6.92 Å². The van der Waals surface area contributed by atoms with E-state index in [1.165, 1.54) is 0 Å². The molecule has 0 amide bonds. The summed E-state index contributed by atoms with van der Waals surface area (Å²) in [5, 5.41) is 7.04. The summed E-state index contributed by atoms with van der Waals surface area (Å²) in [4.78, 5) is 18.6. The molecular formula is C18H24IN7O. The molecular weight excluding hydrogens is 457 g/mol. The highest BCUT2D eigenvalue weighted by molar-refractivity contribution is 14.0. The maximum atomic E-state index is 5.11. The maximum absolute atomic E-state index is 5.11. The van der Waals surface area contributed by atoms with Crippen molar-refractivity contribution in [3.05, 3.63) is 54.1 Å². The molecule has 0 radical (unpaired) electrons. The van der Waals surface area contributed by atoms with Crippen LogP contribution in [0.25, 0.3) is 11.3 Å². The number of imidazole rings is 1. The van der Waals surface area contributed by atoms with Gasteiger partial charge in [0.15, 0.2) is 11.8 Å². The first-order valence-corrected chi connectivity index (χ1v) is 8.53. The number of rotatable bonds is 6. The van der Waals surface area contributed by atoms with Crippen molar-refractivity contribution in [1.82, 2.24) is 30.3 Å². The number of nitrogens with one attached hydrogen (secondary N) is 2. The lowest BCUT2D eigenvalue weighted by molar-refractivity contribution is 0.375. The van der Waals surface area contributed by atoms with Gasteiger partial charge in [-0.25, -0.2) is 9.98 Å². The van der Waals surface area contributed by atoms with Gasteiger partial charge < -0.3 is 19.7 Å². The molecule has 27 heavy (non-hydrogen) atoms. The Morgan fingerprint density at radius 3 is 2.74 bits per heavy atom. The van der Waals surface area contributed by atoms with Gasteiger partial charge in [0.2, 0.25) is 5.89 Å². The summed E-state index contributed by atoms with van der Waals surface area (Å²) in [6, 6.07) is 10.1. The predicted molar refractivity (Wildman–Crippen MR) is 115 cm³/mol. The van der Waals surface area contributed by atoms with Crippen molar-refractivity contribution in [2.45, 2.75) is 26.9 Å². The molecule has 144 valence electrons. The summed E-state index contributed by atoms with van der Waals surface area (Å²) in [7, 11) is 1.96. The zero-order valence-corrected chi connectivity index (χ0v) is 18.0. The number of aromatic amines is 1. The van der Waals surface area contributed by atoms with E-state index in [9.17, 15) is 0 Å². The molecule has 0 atom stereocenters. The number of hydrogen-bond donors (Lipinski definition) is 2. The van der Waals surface area contributed by atoms with Crippen LogP contribution in [0.15, 0.2) is 46.0 Å². The lowest BCUT2D eigenvalue weighted by atomic mass is 10.2. The number of halogens is 1. The van der Waals surface area contributed by atoms with Crippen molar-refractivity contribution in [2.24, 2.45) is 4.99 Å². The van der Waals surface area contributed by atoms with Crippen molar-refractivity contribution < 1.29 is 4.52 Å². The minimum absolute atomic E-state index is 0. The van der Waals surface area contributed by atoms with Gasteiger partial charge in [-0.05, 0) is 19.4 Å². The van der Waals surface area contributed by atoms with E-state index in [0.717, 1.165) is 29.6 Å². The SMILES string of the molecule is CCNC(=NCc1nc(C)no1)N(C)Cc1ncc(-c2ccccc2)[nH]1.I. The Kier molecular flexibility index (Phi) is 7.77. The van der Waals surface area contributed by atoms with Gasteiger partial charge in [0.1, 0.15) is 12.4 Å². The number of aliphatic imine (C=N–C) groups is 1. The first-order valence-electron chi connectivity index (χ1n) is 8.53. The van der Waals surface area contributed by atoms with Crippen LogP contribution in [0.4, 0.5) is 0 Å². The number of hydrogen-bond acceptors (Lipinski definition) is 5. The molecule has 9 heteroatoms. The number of aromatic nitrogens is 4. The second kappa shape index (κ2) is 10.0. The van der Waals surface area contributed by atoms with Crippen LogP contribution in [0.5, 0.6) is 0 Å². The highest BCUT2D eigenvalue weighted by Crippen LogP contribution is 2.16. The van der Waals surface area contributed by atoms with Crippen molar-refractivity contribution in [3.8, 4) is 11.3 Å². The first kappa shape index (κ1) is 20.9. The van der Waals surface area contributed by atoms with Crippen LogP contribution in [0.3, 0.4) is 0 Å². The van der Waals surface area contributed by atoms with Gasteiger partial charge in [-0.3, -0.25) is 0 Å². The molecule has 0 bridgehead atoms. The van der Waals surface area contributed by atoms with Gasteiger partial charge in [0.05, 0.1) is 18.4 Å². The molecule has 3 rings (SSSR count). The monoisotopic (exact) mass is 481 g/mol. The van der Waals surface area contributed by atoms with Gasteiger partial charge >= 0.3 is 0 Å². The van der Waals surface area contributed by atoms with Crippen molar-refractivity contribution in [1.29, 1.82) is 0 Å². The van der Waals surface area contributed by atoms with Crippen LogP contribution in [0.1, 0.15) is 24.5 Å². The molecule has 0 saturated carbocycles. The highest BCUT2D eigenvalue weighted by atomic mass is 127. The van der Waals surface area contributed by atoms with Crippen molar-refractivity contribution >= 4 is 29.9 Å². The predicted octanol–water partition coefficient (Wildman–Crippen LogP) is 2.98. The fourth-order valence-corrected chi connectivity index (χ4v) is 2.52. The molecule has 1 aromatic carbocycles. The van der Waals surface area contributed by atoms with Gasteiger partial charge in [-0.15, -0.1) is 24.0 Å². The van der Waals surface area contributed by atoms with Crippen LogP contribution < -0.4 is 5.32 Å². The summed E-state index contributed by atoms with van der Waals surface area (Å²) >= 11 is 0. The van der Waals surface area contributed by atoms with E-state index in [0.29, 0.717) is 24.8 Å². The topological polar surface area (TPSA) is 95.2 Å². The lowest BCUT2D eigenvalue weighted by Crippen LogP contribution is -2.38. The smallest absolute Gasteiger partial charge is 0.248 e. The lowest BCUT2D eigenvalue weighted by Gasteiger charge is -2.20. The quantitative estimate of drug-likeness (QED) is 0.320. The second-order valence-electron chi connectivity index (χ2n) is 5.87. The third-order valence-electron chi connectivity index (χ3n) is 3.73. The van der Waals surface area contributed by atoms with E-state index in [1.54, 1.807) is 6.92 Å². The third-order valence-corrected chi connectivity index (χ3v) is 3.73. The highest BCUT2D eigenvalue weighted by Gasteiger charge is 2.11. The Bertz CT molecular complexity index is 859. The number of nitrogens with zero attached hydrogens (tertiary/aromatic N) is 5. The van der Waals surface area contributed by atoms with Crippen molar-refractivity contribution in [3.63, 3.8) is 0 Å². The average molecular weight is 481 g/mol. The Morgan fingerprint density at radius 2 is 2.07 bits per heavy atom. The van der Waals surface area contributed by atoms with E-state index >= 15 is 0 Å². The molecule has 0 unspecified atom stereocenters. The Labute approximate surface area is 175 Å². The van der Waals surface area contributed by atoms with Gasteiger partial charge in [0.25, 0.3) is 0 Å². The van der Waals surface area contributed by atoms with Gasteiger partial charge in [-0.2, -0.15) is 4.98 Å². The van der Waals surface area contributed by atoms with E-state index < -0.39 is 0 Å². The second-order valence-corrected chi connectivity index (χ2v) is 5.87. The molecule has 3 aromatic rings. The molecule has 0 aliphatic heterocycles. The molecule has 0 saturated heterocycles. The molecule has 0 aliphatic carbocycles. The van der Waals surface area contributed by atoms with E-state index in [2.05, 4.69) is 42.6 Å². The zero-order chi connectivity index (χ0) is 18.4. The average Bonchev–Trinajstić information content (AvgIpc) is 3.28. The summed E-state index contributed by atoms with van der Waals surface area (Å²) in [6.07, 6.45) is 1.85. The fraction of sp³-hybridized carbons (Fsp3) is 0.333. The normalized spacial score (nSPS) is 11.1. The summed E-state index contributed by atoms with van der Waals surface area (Å²) in [6.45, 7) is 5.51. The van der Waals surface area contributed by atoms with E-state index in [-0.39, 0.29) is 24.0 Å². The van der Waals surface area contributed by atoms with E-state index in [4.69, 9.17) is 4.52 Å². The molecule has 2 N–H and O–H groups in total. The molecule has 0 spiro atoms. The standard InChI is InChI=1S/C18H23N7O.HI/c1-4-19-18(21-11-17-22-13(2)24-26-17)25(3)12-16-20-10-15(23-16)14-8-6-5-7-9-14;/h5-10H,4,11-12H2,1-3H3,(H,19,21)(H,20,23);1H. The fourth-order valence-electron chi connectivity index (χ4n) is 2.52. The van der Waals surface area contributed by atoms with Gasteiger partial charge in [-0.1, -0.05) is 35.5 Å². The largest absolute Gasteiger partial charge is 0.357 e. The van der Waals surface area contributed by atoms with Crippen molar-refractivity contribution in [2.75, 3.05) is 13.6 Å². The minimum Gasteiger partial charge on any atom is -0.357 e. The third kappa shape index (κ3) is 5.78. The van der Waals surface area contributed by atoms with Crippen LogP contribution in [-0.4, -0.2) is 44.6 Å². The maximum Gasteiger partial charge on any atom is 0.248 e. The number of guanidine groups is 1. The number of H-pyrrole nitrogens is 1. The molecule has 0 aliphatic rings. The van der Waals surface area contributed by atoms with Crippen LogP contribution >= 0.6 is 24.0 Å². The Hall–Kier alpha value is -2.43. The molecule has 2 aromatic heterocycles. The molecule has 2 heterocycles. The van der Waals surface area contributed by atoms with Crippen LogP contribution in [0.2, 0.25) is 0 Å². The Morgan fingerprint density at radius 1 is 1.30 bits per heavy atom. The summed E-state index contributed by atoms with van der Waals surface area (Å²) in [5.74, 6) is 2.72. The zero-order valence-electron chi connectivity index (χ0n) is 15.6. The van der Waals surface area contributed by atoms with Crippen LogP contribution in [-0.2, 0) is 13.1 Å². The summed E-state index contributed by atoms with van der Waals surface area (Å²) < 4.78 is 5.11. The molecule has 0 fully saturated rings. The first-order chi connectivity index (χ1) is 12.7. The van der Waals surface area contributed by atoms with Gasteiger partial charge in [0, 0.05) is 13.6 Å².